The molecule has 6 heteroatoms. The van der Waals surface area contributed by atoms with E-state index in [9.17, 15) is 4.79 Å². The minimum atomic E-state index is -0.340. The number of nitrogens with zero attached hydrogens (tertiary/aromatic N) is 3. The Labute approximate surface area is 107 Å². The van der Waals surface area contributed by atoms with Crippen LogP contribution in [0.15, 0.2) is 6.33 Å². The number of hydrogen-bond acceptors (Lipinski definition) is 5. The molecule has 100 valence electrons. The van der Waals surface area contributed by atoms with Crippen molar-refractivity contribution in [2.75, 3.05) is 26.0 Å². The van der Waals surface area contributed by atoms with Crippen LogP contribution >= 0.6 is 0 Å². The molecule has 1 N–H and O–H groups in total. The molecule has 6 nitrogen and oxygen atoms in total. The van der Waals surface area contributed by atoms with Crippen LogP contribution in [0, 0.1) is 6.92 Å². The van der Waals surface area contributed by atoms with Gasteiger partial charge in [-0.05, 0) is 20.8 Å². The molecule has 1 aromatic rings. The quantitative estimate of drug-likeness (QED) is 0.849. The number of amides is 1. The number of ether oxygens (including phenoxy) is 1. The van der Waals surface area contributed by atoms with Crippen LogP contribution in [0.5, 0.6) is 5.88 Å². The summed E-state index contributed by atoms with van der Waals surface area (Å²) in [7, 11) is 3.33. The van der Waals surface area contributed by atoms with Gasteiger partial charge in [0.1, 0.15) is 18.2 Å². The summed E-state index contributed by atoms with van der Waals surface area (Å²) < 4.78 is 5.11. The van der Waals surface area contributed by atoms with Crippen molar-refractivity contribution < 1.29 is 9.53 Å². The molecule has 1 unspecified atom stereocenters. The maximum absolute atomic E-state index is 11.9. The van der Waals surface area contributed by atoms with E-state index in [-0.39, 0.29) is 11.9 Å². The second-order valence-corrected chi connectivity index (χ2v) is 4.07. The Bertz CT molecular complexity index is 423. The topological polar surface area (TPSA) is 67.4 Å². The summed E-state index contributed by atoms with van der Waals surface area (Å²) in [6, 6.07) is -0.340. The molecule has 0 saturated carbocycles. The van der Waals surface area contributed by atoms with Crippen molar-refractivity contribution >= 4 is 11.7 Å². The van der Waals surface area contributed by atoms with Gasteiger partial charge in [-0.3, -0.25) is 4.79 Å². The van der Waals surface area contributed by atoms with Gasteiger partial charge >= 0.3 is 0 Å². The zero-order valence-electron chi connectivity index (χ0n) is 11.5. The molecule has 1 rings (SSSR count). The first-order valence-electron chi connectivity index (χ1n) is 5.88. The third kappa shape index (κ3) is 3.09. The van der Waals surface area contributed by atoms with Gasteiger partial charge in [-0.15, -0.1) is 0 Å². The summed E-state index contributed by atoms with van der Waals surface area (Å²) in [5, 5.41) is 3.08. The molecule has 0 aromatic carbocycles. The lowest BCUT2D eigenvalue weighted by Gasteiger charge is -2.21. The van der Waals surface area contributed by atoms with Gasteiger partial charge in [-0.1, -0.05) is 0 Å². The first-order valence-corrected chi connectivity index (χ1v) is 5.88. The second-order valence-electron chi connectivity index (χ2n) is 4.07. The maximum atomic E-state index is 11.9. The van der Waals surface area contributed by atoms with E-state index in [0.717, 1.165) is 5.56 Å². The normalized spacial score (nSPS) is 11.8. The number of methoxy groups -OCH3 is 1. The van der Waals surface area contributed by atoms with Crippen molar-refractivity contribution in [3.8, 4) is 5.88 Å². The maximum Gasteiger partial charge on any atom is 0.244 e. The van der Waals surface area contributed by atoms with Crippen molar-refractivity contribution in [1.29, 1.82) is 0 Å². The van der Waals surface area contributed by atoms with E-state index < -0.39 is 0 Å². The van der Waals surface area contributed by atoms with Crippen LogP contribution in [-0.4, -0.2) is 47.5 Å². The highest BCUT2D eigenvalue weighted by Gasteiger charge is 2.18. The fourth-order valence-electron chi connectivity index (χ4n) is 1.54. The molecule has 0 aliphatic rings. The van der Waals surface area contributed by atoms with Crippen LogP contribution in [-0.2, 0) is 4.79 Å². The minimum Gasteiger partial charge on any atom is -0.481 e. The molecule has 0 aliphatic carbocycles. The average molecular weight is 252 g/mol. The molecule has 0 saturated heterocycles. The first-order chi connectivity index (χ1) is 8.51. The van der Waals surface area contributed by atoms with Gasteiger partial charge in [0, 0.05) is 13.6 Å². The molecule has 0 spiro atoms. The Kier molecular flexibility index (Phi) is 4.88. The monoisotopic (exact) mass is 252 g/mol. The number of rotatable bonds is 5. The highest BCUT2D eigenvalue weighted by Crippen LogP contribution is 2.20. The summed E-state index contributed by atoms with van der Waals surface area (Å²) in [4.78, 5) is 21.7. The molecule has 1 aromatic heterocycles. The fraction of sp³-hybridized carbons (Fsp3) is 0.583. The summed E-state index contributed by atoms with van der Waals surface area (Å²) in [6.07, 6.45) is 1.41. The standard InChI is InChI=1S/C12H20N4O2/c1-6-16(4)12(17)9(3)15-10-8(2)11(18-5)14-7-13-10/h7,9H,6H2,1-5H3,(H,13,14,15). The zero-order chi connectivity index (χ0) is 13.7. The summed E-state index contributed by atoms with van der Waals surface area (Å²) in [5.74, 6) is 1.15. The van der Waals surface area contributed by atoms with Gasteiger partial charge < -0.3 is 15.0 Å². The van der Waals surface area contributed by atoms with Crippen LogP contribution in [0.2, 0.25) is 0 Å². The molecular formula is C12H20N4O2. The number of hydrogen-bond donors (Lipinski definition) is 1. The third-order valence-electron chi connectivity index (χ3n) is 2.81. The Morgan fingerprint density at radius 3 is 2.78 bits per heavy atom. The second kappa shape index (κ2) is 6.18. The number of aromatic nitrogens is 2. The minimum absolute atomic E-state index is 0.0227. The van der Waals surface area contributed by atoms with E-state index in [4.69, 9.17) is 4.74 Å². The molecule has 1 atom stereocenters. The van der Waals surface area contributed by atoms with E-state index in [0.29, 0.717) is 18.2 Å². The molecule has 0 fully saturated rings. The van der Waals surface area contributed by atoms with Crippen LogP contribution in [0.3, 0.4) is 0 Å². The highest BCUT2D eigenvalue weighted by atomic mass is 16.5. The molecule has 0 bridgehead atoms. The largest absolute Gasteiger partial charge is 0.481 e. The molecule has 0 radical (unpaired) electrons. The molecule has 1 amide bonds. The van der Waals surface area contributed by atoms with Gasteiger partial charge in [0.2, 0.25) is 11.8 Å². The summed E-state index contributed by atoms with van der Waals surface area (Å²) in [6.45, 7) is 6.27. The Balaban J connectivity index is 2.82. The van der Waals surface area contributed by atoms with Gasteiger partial charge in [-0.2, -0.15) is 0 Å². The van der Waals surface area contributed by atoms with Crippen LogP contribution in [0.4, 0.5) is 5.82 Å². The number of nitrogens with one attached hydrogen (secondary N) is 1. The van der Waals surface area contributed by atoms with E-state index in [1.165, 1.54) is 6.33 Å². The SMILES string of the molecule is CCN(C)C(=O)C(C)Nc1ncnc(OC)c1C. The van der Waals surface area contributed by atoms with Crippen molar-refractivity contribution in [3.05, 3.63) is 11.9 Å². The third-order valence-corrected chi connectivity index (χ3v) is 2.81. The predicted octanol–water partition coefficient (Wildman–Crippen LogP) is 1.07. The smallest absolute Gasteiger partial charge is 0.244 e. The molecule has 0 aliphatic heterocycles. The number of carbonyl (C=O) groups is 1. The lowest BCUT2D eigenvalue weighted by atomic mass is 10.2. The number of anilines is 1. The Hall–Kier alpha value is -1.85. The van der Waals surface area contributed by atoms with E-state index >= 15 is 0 Å². The van der Waals surface area contributed by atoms with Gasteiger partial charge in [0.25, 0.3) is 0 Å². The zero-order valence-corrected chi connectivity index (χ0v) is 11.5. The van der Waals surface area contributed by atoms with E-state index in [1.807, 2.05) is 20.8 Å². The summed E-state index contributed by atoms with van der Waals surface area (Å²) >= 11 is 0. The molecule has 18 heavy (non-hydrogen) atoms. The lowest BCUT2D eigenvalue weighted by Crippen LogP contribution is -2.39. The number of likely N-dealkylation sites (N-methyl/N-ethyl adjacent to an activating group) is 1. The van der Waals surface area contributed by atoms with Crippen LogP contribution in [0.1, 0.15) is 19.4 Å². The van der Waals surface area contributed by atoms with Gasteiger partial charge in [0.15, 0.2) is 0 Å². The van der Waals surface area contributed by atoms with E-state index in [1.54, 1.807) is 19.1 Å². The van der Waals surface area contributed by atoms with E-state index in [2.05, 4.69) is 15.3 Å². The van der Waals surface area contributed by atoms with Crippen LogP contribution < -0.4 is 10.1 Å². The van der Waals surface area contributed by atoms with Crippen molar-refractivity contribution in [2.45, 2.75) is 26.8 Å². The van der Waals surface area contributed by atoms with Crippen LogP contribution in [0.25, 0.3) is 0 Å². The van der Waals surface area contributed by atoms with Gasteiger partial charge in [0.05, 0.1) is 12.7 Å². The molecule has 1 heterocycles. The Morgan fingerprint density at radius 2 is 2.22 bits per heavy atom. The first kappa shape index (κ1) is 14.2. The average Bonchev–Trinajstić information content (AvgIpc) is 2.39. The van der Waals surface area contributed by atoms with Crippen molar-refractivity contribution in [3.63, 3.8) is 0 Å². The number of carbonyl (C=O) groups excluding carboxylic acids is 1. The predicted molar refractivity (Wildman–Crippen MR) is 69.7 cm³/mol. The van der Waals surface area contributed by atoms with Crippen molar-refractivity contribution in [2.24, 2.45) is 0 Å². The fourth-order valence-corrected chi connectivity index (χ4v) is 1.54. The highest BCUT2D eigenvalue weighted by molar-refractivity contribution is 5.84. The Morgan fingerprint density at radius 1 is 1.56 bits per heavy atom. The summed E-state index contributed by atoms with van der Waals surface area (Å²) in [5.41, 5.74) is 0.791. The van der Waals surface area contributed by atoms with Crippen molar-refractivity contribution in [1.82, 2.24) is 14.9 Å². The lowest BCUT2D eigenvalue weighted by molar-refractivity contribution is -0.130. The van der Waals surface area contributed by atoms with Gasteiger partial charge in [-0.25, -0.2) is 9.97 Å². The molecular weight excluding hydrogens is 232 g/mol.